The summed E-state index contributed by atoms with van der Waals surface area (Å²) in [6, 6.07) is 17.9. The predicted molar refractivity (Wildman–Crippen MR) is 108 cm³/mol. The van der Waals surface area contributed by atoms with Gasteiger partial charge in [0, 0.05) is 17.9 Å². The molecule has 0 amide bonds. The molecule has 2 aromatic carbocycles. The molecule has 4 heteroatoms. The van der Waals surface area contributed by atoms with Gasteiger partial charge in [0.1, 0.15) is 5.75 Å². The van der Waals surface area contributed by atoms with Crippen LogP contribution in [-0.4, -0.2) is 16.1 Å². The van der Waals surface area contributed by atoms with E-state index in [0.29, 0.717) is 0 Å². The Morgan fingerprint density at radius 1 is 1.00 bits per heavy atom. The third kappa shape index (κ3) is 3.03. The van der Waals surface area contributed by atoms with E-state index < -0.39 is 5.95 Å². The summed E-state index contributed by atoms with van der Waals surface area (Å²) in [5.41, 5.74) is 5.79. The number of fused-ring (bicyclic) bond motifs is 1. The van der Waals surface area contributed by atoms with E-state index in [4.69, 9.17) is 0 Å². The van der Waals surface area contributed by atoms with Crippen LogP contribution in [0.4, 0.5) is 10.1 Å². The summed E-state index contributed by atoms with van der Waals surface area (Å²) < 4.78 is 13.5. The van der Waals surface area contributed by atoms with Crippen molar-refractivity contribution in [3.8, 4) is 5.75 Å². The highest BCUT2D eigenvalue weighted by atomic mass is 19.1. The lowest BCUT2D eigenvalue weighted by atomic mass is 9.85. The van der Waals surface area contributed by atoms with Crippen LogP contribution in [0, 0.1) is 5.95 Å². The molecular weight excluding hydrogens is 351 g/mol. The lowest BCUT2D eigenvalue weighted by Crippen LogP contribution is -2.42. The normalized spacial score (nSPS) is 21.4. The summed E-state index contributed by atoms with van der Waals surface area (Å²) in [6.07, 6.45) is 5.06. The third-order valence-corrected chi connectivity index (χ3v) is 6.00. The Labute approximate surface area is 164 Å². The number of hydrogen-bond acceptors (Lipinski definition) is 3. The van der Waals surface area contributed by atoms with Gasteiger partial charge < -0.3 is 10.0 Å². The minimum Gasteiger partial charge on any atom is -0.508 e. The van der Waals surface area contributed by atoms with Gasteiger partial charge in [-0.25, -0.2) is 4.98 Å². The van der Waals surface area contributed by atoms with Gasteiger partial charge in [0.2, 0.25) is 5.95 Å². The monoisotopic (exact) mass is 374 g/mol. The number of pyridine rings is 1. The molecule has 1 aliphatic heterocycles. The van der Waals surface area contributed by atoms with Gasteiger partial charge in [-0.2, -0.15) is 4.39 Å². The molecular formula is C24H23FN2O. The first-order valence-corrected chi connectivity index (χ1v) is 9.91. The van der Waals surface area contributed by atoms with Crippen LogP contribution in [0.15, 0.2) is 60.8 Å². The van der Waals surface area contributed by atoms with Gasteiger partial charge in [-0.05, 0) is 84.7 Å². The molecule has 2 aliphatic rings. The molecule has 2 atom stereocenters. The number of phenolic OH excluding ortho intramolecular Hbond substituents is 1. The van der Waals surface area contributed by atoms with Crippen LogP contribution in [-0.2, 0) is 6.42 Å². The molecule has 0 bridgehead atoms. The molecule has 3 nitrogen and oxygen atoms in total. The zero-order valence-electron chi connectivity index (χ0n) is 15.8. The molecule has 0 radical (unpaired) electrons. The highest BCUT2D eigenvalue weighted by Gasteiger charge is 2.34. The summed E-state index contributed by atoms with van der Waals surface area (Å²) in [5, 5.41) is 9.96. The Balaban J connectivity index is 1.62. The van der Waals surface area contributed by atoms with E-state index in [2.05, 4.69) is 41.1 Å². The highest BCUT2D eigenvalue weighted by molar-refractivity contribution is 5.58. The second-order valence-corrected chi connectivity index (χ2v) is 8.03. The molecule has 0 spiro atoms. The minimum absolute atomic E-state index is 0.0702. The van der Waals surface area contributed by atoms with Crippen LogP contribution in [0.5, 0.6) is 5.75 Å². The first-order chi connectivity index (χ1) is 13.6. The molecule has 0 unspecified atom stereocenters. The smallest absolute Gasteiger partial charge is 0.212 e. The van der Waals surface area contributed by atoms with Crippen molar-refractivity contribution in [3.05, 3.63) is 89.0 Å². The van der Waals surface area contributed by atoms with Crippen LogP contribution in [0.25, 0.3) is 0 Å². The van der Waals surface area contributed by atoms with Crippen molar-refractivity contribution in [3.63, 3.8) is 0 Å². The van der Waals surface area contributed by atoms with Crippen LogP contribution in [0.2, 0.25) is 0 Å². The molecule has 2 heterocycles. The fraction of sp³-hybridized carbons (Fsp3) is 0.292. The van der Waals surface area contributed by atoms with Crippen LogP contribution >= 0.6 is 0 Å². The Morgan fingerprint density at radius 2 is 1.75 bits per heavy atom. The lowest BCUT2D eigenvalue weighted by molar-refractivity contribution is 0.470. The van der Waals surface area contributed by atoms with Crippen molar-refractivity contribution in [1.29, 1.82) is 0 Å². The van der Waals surface area contributed by atoms with E-state index in [-0.39, 0.29) is 17.8 Å². The summed E-state index contributed by atoms with van der Waals surface area (Å²) in [7, 11) is 0. The van der Waals surface area contributed by atoms with Gasteiger partial charge in [0.05, 0.1) is 6.04 Å². The van der Waals surface area contributed by atoms with Crippen LogP contribution in [0.3, 0.4) is 0 Å². The van der Waals surface area contributed by atoms with E-state index in [1.54, 1.807) is 12.3 Å². The number of nitrogens with zero attached hydrogens (tertiary/aromatic N) is 2. The van der Waals surface area contributed by atoms with Gasteiger partial charge in [-0.15, -0.1) is 0 Å². The second kappa shape index (κ2) is 6.62. The standard InChI is InChI=1S/C24H23FN2O/c1-15-12-19-13-21(28)9-10-22(19)24(18-6-11-23(25)26-14-18)27(15)20-7-4-17(5-8-20)16-2-3-16/h4-11,13-16,24,28H,2-3,12H2,1H3/t15-,24-/m1/s1. The first-order valence-electron chi connectivity index (χ1n) is 9.91. The number of aromatic hydroxyl groups is 1. The summed E-state index contributed by atoms with van der Waals surface area (Å²) in [5.74, 6) is 0.539. The molecule has 1 N–H and O–H groups in total. The van der Waals surface area contributed by atoms with Crippen molar-refractivity contribution >= 4 is 5.69 Å². The first kappa shape index (κ1) is 17.2. The highest BCUT2D eigenvalue weighted by Crippen LogP contribution is 2.44. The quantitative estimate of drug-likeness (QED) is 0.628. The fourth-order valence-corrected chi connectivity index (χ4v) is 4.48. The second-order valence-electron chi connectivity index (χ2n) is 8.03. The topological polar surface area (TPSA) is 36.4 Å². The van der Waals surface area contributed by atoms with Gasteiger partial charge in [0.15, 0.2) is 0 Å². The van der Waals surface area contributed by atoms with E-state index in [1.165, 1.54) is 24.5 Å². The fourth-order valence-electron chi connectivity index (χ4n) is 4.48. The third-order valence-electron chi connectivity index (χ3n) is 6.00. The number of benzene rings is 2. The summed E-state index contributed by atoms with van der Waals surface area (Å²) >= 11 is 0. The zero-order chi connectivity index (χ0) is 19.3. The Hall–Kier alpha value is -2.88. The van der Waals surface area contributed by atoms with E-state index in [1.807, 2.05) is 18.2 Å². The largest absolute Gasteiger partial charge is 0.508 e. The maximum Gasteiger partial charge on any atom is 0.212 e. The SMILES string of the molecule is C[C@@H]1Cc2cc(O)ccc2[C@@H](c2ccc(F)nc2)N1c1ccc(C2CC2)cc1. The molecule has 1 fully saturated rings. The van der Waals surface area contributed by atoms with Gasteiger partial charge in [0.25, 0.3) is 0 Å². The lowest BCUT2D eigenvalue weighted by Gasteiger charge is -2.44. The molecule has 1 aromatic heterocycles. The number of halogens is 1. The Kier molecular flexibility index (Phi) is 4.08. The number of phenols is 1. The molecule has 5 rings (SSSR count). The van der Waals surface area contributed by atoms with Crippen LogP contribution < -0.4 is 4.90 Å². The summed E-state index contributed by atoms with van der Waals surface area (Å²) in [6.45, 7) is 2.20. The van der Waals surface area contributed by atoms with E-state index >= 15 is 0 Å². The number of anilines is 1. The number of aromatic nitrogens is 1. The molecule has 1 saturated carbocycles. The maximum absolute atomic E-state index is 13.5. The Bertz CT molecular complexity index is 996. The molecule has 0 saturated heterocycles. The number of rotatable bonds is 3. The summed E-state index contributed by atoms with van der Waals surface area (Å²) in [4.78, 5) is 6.29. The molecule has 1 aliphatic carbocycles. The predicted octanol–water partition coefficient (Wildman–Crippen LogP) is 5.34. The van der Waals surface area contributed by atoms with Gasteiger partial charge in [-0.3, -0.25) is 0 Å². The minimum atomic E-state index is -0.473. The number of hydrogen-bond donors (Lipinski definition) is 1. The van der Waals surface area contributed by atoms with Crippen molar-refractivity contribution in [1.82, 2.24) is 4.98 Å². The molecule has 142 valence electrons. The van der Waals surface area contributed by atoms with Crippen LogP contribution in [0.1, 0.15) is 54.0 Å². The Morgan fingerprint density at radius 3 is 2.43 bits per heavy atom. The van der Waals surface area contributed by atoms with Crippen molar-refractivity contribution in [2.45, 2.75) is 44.2 Å². The van der Waals surface area contributed by atoms with E-state index in [9.17, 15) is 9.50 Å². The van der Waals surface area contributed by atoms with Crippen molar-refractivity contribution < 1.29 is 9.50 Å². The van der Waals surface area contributed by atoms with E-state index in [0.717, 1.165) is 34.7 Å². The molecule has 3 aromatic rings. The average molecular weight is 374 g/mol. The van der Waals surface area contributed by atoms with Gasteiger partial charge in [-0.1, -0.05) is 24.3 Å². The maximum atomic E-state index is 13.5. The van der Waals surface area contributed by atoms with Crippen molar-refractivity contribution in [2.24, 2.45) is 0 Å². The van der Waals surface area contributed by atoms with Crippen molar-refractivity contribution in [2.75, 3.05) is 4.90 Å². The molecule has 28 heavy (non-hydrogen) atoms. The zero-order valence-corrected chi connectivity index (χ0v) is 15.8. The average Bonchev–Trinajstić information content (AvgIpc) is 3.53. The van der Waals surface area contributed by atoms with Gasteiger partial charge >= 0.3 is 0 Å².